The van der Waals surface area contributed by atoms with Gasteiger partial charge in [0.15, 0.2) is 0 Å². The molecule has 0 aromatic heterocycles. The Kier molecular flexibility index (Phi) is 2.36. The molecule has 0 saturated heterocycles. The maximum atomic E-state index is 9.71. The Labute approximate surface area is 321 Å². The topological polar surface area (TPSA) is 0 Å². The van der Waals surface area contributed by atoms with E-state index in [2.05, 4.69) is 0 Å². The van der Waals surface area contributed by atoms with Crippen molar-refractivity contribution >= 4 is 64.6 Å². The molecule has 0 unspecified atom stereocenters. The lowest BCUT2D eigenvalue weighted by molar-refractivity contribution is 1.64. The van der Waals surface area contributed by atoms with Gasteiger partial charge in [-0.05, 0) is 110 Å². The Morgan fingerprint density at radius 3 is 1.29 bits per heavy atom. The molecule has 0 aliphatic heterocycles. The van der Waals surface area contributed by atoms with Crippen molar-refractivity contribution in [3.8, 4) is 33.4 Å². The third kappa shape index (κ3) is 4.10. The predicted octanol–water partition coefficient (Wildman–Crippen LogP) is 13.6. The van der Waals surface area contributed by atoms with Gasteiger partial charge in [-0.15, -0.1) is 0 Å². The molecule has 222 valence electrons. The van der Waals surface area contributed by atoms with Gasteiger partial charge in [0.05, 0.1) is 41.1 Å². The zero-order chi connectivity index (χ0) is 57.7. The van der Waals surface area contributed by atoms with Gasteiger partial charge >= 0.3 is 0 Å². The van der Waals surface area contributed by atoms with Crippen LogP contribution in [-0.2, 0) is 0 Å². The molecule has 10 aromatic carbocycles. The fourth-order valence-electron chi connectivity index (χ4n) is 5.88. The summed E-state index contributed by atoms with van der Waals surface area (Å²) in [5.41, 5.74) is -4.95. The van der Waals surface area contributed by atoms with Crippen LogP contribution in [0.1, 0.15) is 41.1 Å². The Morgan fingerprint density at radius 1 is 0.250 bits per heavy atom. The van der Waals surface area contributed by atoms with Crippen LogP contribution in [0.5, 0.6) is 0 Å². The van der Waals surface area contributed by atoms with Crippen molar-refractivity contribution in [1.82, 2.24) is 0 Å². The van der Waals surface area contributed by atoms with Crippen LogP contribution in [-0.4, -0.2) is 0 Å². The molecule has 0 radical (unpaired) electrons. The molecule has 0 nitrogen and oxygen atoms in total. The summed E-state index contributed by atoms with van der Waals surface area (Å²) in [6.07, 6.45) is 0. The quantitative estimate of drug-likeness (QED) is 0.134. The average molecular weight is 637 g/mol. The van der Waals surface area contributed by atoms with Gasteiger partial charge in [0, 0.05) is 0 Å². The van der Waals surface area contributed by atoms with Gasteiger partial charge in [0.1, 0.15) is 0 Å². The fraction of sp³-hybridized carbons (Fsp3) is 0. The van der Waals surface area contributed by atoms with Crippen molar-refractivity contribution in [2.75, 3.05) is 0 Å². The van der Waals surface area contributed by atoms with Crippen molar-refractivity contribution in [2.45, 2.75) is 0 Å². The normalized spacial score (nSPS) is 20.5. The van der Waals surface area contributed by atoms with Gasteiger partial charge in [0.2, 0.25) is 0 Å². The second-order valence-electron chi connectivity index (χ2n) is 10.5. The van der Waals surface area contributed by atoms with Gasteiger partial charge < -0.3 is 0 Å². The Balaban J connectivity index is 1.46. The highest BCUT2D eigenvalue weighted by molar-refractivity contribution is 6.22. The monoisotopic (exact) mass is 636 g/mol. The molecule has 0 heteroatoms. The molecule has 0 aliphatic carbocycles. The van der Waals surface area contributed by atoms with E-state index in [0.717, 1.165) is 0 Å². The fourth-order valence-corrected chi connectivity index (χ4v) is 5.88. The lowest BCUT2D eigenvalue weighted by Gasteiger charge is -2.18. The van der Waals surface area contributed by atoms with E-state index >= 15 is 0 Å². The highest BCUT2D eigenvalue weighted by atomic mass is 14.2. The number of fused-ring (bicyclic) bond motifs is 8. The first-order valence-electron chi connectivity index (χ1n) is 29.2. The summed E-state index contributed by atoms with van der Waals surface area (Å²) in [6, 6.07) is -28.6. The van der Waals surface area contributed by atoms with Crippen LogP contribution in [0.15, 0.2) is 181 Å². The number of rotatable bonds is 3. The van der Waals surface area contributed by atoms with E-state index in [0.29, 0.717) is 0 Å². The summed E-state index contributed by atoms with van der Waals surface area (Å²) in [5, 5.41) is -7.83. The zero-order valence-electron chi connectivity index (χ0n) is 54.0. The van der Waals surface area contributed by atoms with Crippen molar-refractivity contribution < 1.29 is 41.1 Å². The summed E-state index contributed by atoms with van der Waals surface area (Å²) in [4.78, 5) is 0. The Morgan fingerprint density at radius 2 is 0.646 bits per heavy atom. The molecule has 0 heterocycles. The highest BCUT2D eigenvalue weighted by Crippen LogP contribution is 2.45. The SMILES string of the molecule is [2H]c1c([2H])c(-c2c([2H])c3c([2H])c([2H])c([2H])c([2H])c3c3c([2H])c([2H])c([2H])c([2H])c23)c([2H])c([2H])c1-c1c2c([2H])c([2H])c([2H])c([2H])c2c(-c2c([2H])c([2H])c3c(c2[2H])c([2H])c([2H])c2c([2H])c([2H])c([2H])c([2H])c23)c2c([2H])c([2H])c([2H])c([2H])c12. The van der Waals surface area contributed by atoms with Crippen molar-refractivity contribution in [3.63, 3.8) is 0 Å². The van der Waals surface area contributed by atoms with Gasteiger partial charge in [-0.2, -0.15) is 0 Å². The molecule has 0 fully saturated rings. The molecule has 0 atom stereocenters. The third-order valence-electron chi connectivity index (χ3n) is 7.94. The second-order valence-corrected chi connectivity index (χ2v) is 10.5. The smallest absolute Gasteiger partial charge is 0.0616 e. The van der Waals surface area contributed by atoms with E-state index in [1.807, 2.05) is 0 Å². The summed E-state index contributed by atoms with van der Waals surface area (Å²) in [5.74, 6) is 0. The molecular formula is C48H30. The van der Waals surface area contributed by atoms with E-state index in [4.69, 9.17) is 24.7 Å². The first kappa shape index (κ1) is 10.6. The van der Waals surface area contributed by atoms with E-state index in [1.165, 1.54) is 0 Å². The summed E-state index contributed by atoms with van der Waals surface area (Å²) < 4.78 is 271. The Hall–Kier alpha value is -6.24. The Bertz CT molecular complexity index is 4490. The molecule has 10 rings (SSSR count). The predicted molar refractivity (Wildman–Crippen MR) is 208 cm³/mol. The summed E-state index contributed by atoms with van der Waals surface area (Å²) in [6.45, 7) is 0. The maximum Gasteiger partial charge on any atom is 0.0636 e. The minimum atomic E-state index is -1.15. The van der Waals surface area contributed by atoms with Gasteiger partial charge in [-0.3, -0.25) is 0 Å². The second kappa shape index (κ2) is 10.7. The van der Waals surface area contributed by atoms with Crippen LogP contribution in [0.2, 0.25) is 0 Å². The molecular weight excluding hydrogens is 577 g/mol. The van der Waals surface area contributed by atoms with Gasteiger partial charge in [-0.1, -0.05) is 169 Å². The molecule has 0 aliphatic rings. The molecule has 48 heavy (non-hydrogen) atoms. The zero-order valence-corrected chi connectivity index (χ0v) is 24.0. The first-order chi connectivity index (χ1) is 36.3. The molecule has 0 amide bonds. The summed E-state index contributed by atoms with van der Waals surface area (Å²) >= 11 is 0. The molecule has 0 N–H and O–H groups in total. The molecule has 0 saturated carbocycles. The molecule has 0 spiro atoms. The van der Waals surface area contributed by atoms with E-state index in [9.17, 15) is 16.4 Å². The minimum Gasteiger partial charge on any atom is -0.0616 e. The van der Waals surface area contributed by atoms with Crippen LogP contribution in [0, 0.1) is 0 Å². The van der Waals surface area contributed by atoms with E-state index in [1.54, 1.807) is 0 Å². The number of hydrogen-bond donors (Lipinski definition) is 0. The van der Waals surface area contributed by atoms with Crippen molar-refractivity contribution in [1.29, 1.82) is 0 Å². The first-order valence-corrected chi connectivity index (χ1v) is 14.2. The maximum absolute atomic E-state index is 9.71. The van der Waals surface area contributed by atoms with E-state index < -0.39 is 279 Å². The van der Waals surface area contributed by atoms with Crippen LogP contribution in [0.4, 0.5) is 0 Å². The lowest BCUT2D eigenvalue weighted by atomic mass is 9.85. The van der Waals surface area contributed by atoms with Gasteiger partial charge in [0.25, 0.3) is 0 Å². The minimum absolute atomic E-state index is 0.518. The lowest BCUT2D eigenvalue weighted by Crippen LogP contribution is -1.91. The van der Waals surface area contributed by atoms with E-state index in [-0.39, 0.29) is 0 Å². The van der Waals surface area contributed by atoms with Crippen LogP contribution in [0.3, 0.4) is 0 Å². The van der Waals surface area contributed by atoms with Crippen LogP contribution in [0.25, 0.3) is 98.0 Å². The van der Waals surface area contributed by atoms with Crippen molar-refractivity contribution in [3.05, 3.63) is 181 Å². The summed E-state index contributed by atoms with van der Waals surface area (Å²) in [7, 11) is 0. The van der Waals surface area contributed by atoms with Crippen LogP contribution < -0.4 is 0 Å². The molecule has 0 bridgehead atoms. The largest absolute Gasteiger partial charge is 0.0636 e. The van der Waals surface area contributed by atoms with Crippen LogP contribution >= 0.6 is 0 Å². The van der Waals surface area contributed by atoms with Crippen molar-refractivity contribution in [2.24, 2.45) is 0 Å². The number of hydrogen-bond acceptors (Lipinski definition) is 0. The third-order valence-corrected chi connectivity index (χ3v) is 7.94. The molecule has 10 aromatic rings. The average Bonchev–Trinajstić information content (AvgIpc) is 3.54. The number of benzene rings is 10. The van der Waals surface area contributed by atoms with Gasteiger partial charge in [-0.25, -0.2) is 0 Å². The standard InChI is InChI=1S/C48H30/c1-3-13-37-31(11-1)23-26-35-29-36(27-28-39(35)37)48-44-19-9-7-17-42(44)47(43-18-8-10-20-45(43)48)33-24-21-32(22-25-33)46-30-34-12-2-4-14-38(34)40-15-5-6-16-41(40)46/h1-30H/i1D,2D,3D,4D,5D,6D,7D,8D,9D,10D,11D,12D,13D,14D,15D,16D,17D,18D,19D,20D,21D,22D,23D,24D,25D,26D,27D,28D,29D,30D. The highest BCUT2D eigenvalue weighted by Gasteiger charge is 2.17.